The Labute approximate surface area is 189 Å². The van der Waals surface area contributed by atoms with Gasteiger partial charge in [-0.1, -0.05) is 48.0 Å². The van der Waals surface area contributed by atoms with E-state index >= 15 is 0 Å². The van der Waals surface area contributed by atoms with Gasteiger partial charge in [-0.2, -0.15) is 9.78 Å². The number of rotatable bonds is 6. The van der Waals surface area contributed by atoms with Gasteiger partial charge >= 0.3 is 5.69 Å². The first kappa shape index (κ1) is 22.0. The minimum absolute atomic E-state index is 0.00658. The van der Waals surface area contributed by atoms with Crippen molar-refractivity contribution in [1.82, 2.24) is 19.7 Å². The quantitative estimate of drug-likeness (QED) is 0.616. The number of carbonyl (C=O) groups excluding carboxylic acids is 1. The molecule has 1 aromatic heterocycles. The monoisotopic (exact) mass is 454 g/mol. The van der Waals surface area contributed by atoms with E-state index in [0.717, 1.165) is 33.2 Å². The molecule has 166 valence electrons. The second-order valence-electron chi connectivity index (χ2n) is 7.70. The highest BCUT2D eigenvalue weighted by Crippen LogP contribution is 2.18. The largest absolute Gasteiger partial charge is 0.376 e. The van der Waals surface area contributed by atoms with Crippen LogP contribution in [0.2, 0.25) is 5.02 Å². The predicted octanol–water partition coefficient (Wildman–Crippen LogP) is 2.31. The molecule has 1 amide bonds. The molecule has 0 radical (unpaired) electrons. The maximum atomic E-state index is 13.2. The Morgan fingerprint density at radius 1 is 1.22 bits per heavy atom. The fraction of sp³-hybridized carbons (Fsp3) is 0.304. The molecule has 1 aliphatic heterocycles. The second-order valence-corrected chi connectivity index (χ2v) is 8.11. The lowest BCUT2D eigenvalue weighted by Gasteiger charge is -2.14. The lowest BCUT2D eigenvalue weighted by molar-refractivity contribution is 0.0849. The van der Waals surface area contributed by atoms with Gasteiger partial charge in [0.25, 0.3) is 11.5 Å². The molecule has 1 aliphatic rings. The molecule has 3 aromatic rings. The molecule has 2 heterocycles. The summed E-state index contributed by atoms with van der Waals surface area (Å²) in [7, 11) is 0. The van der Waals surface area contributed by atoms with Crippen LogP contribution in [0.1, 0.15) is 34.5 Å². The Morgan fingerprint density at radius 3 is 2.69 bits per heavy atom. The van der Waals surface area contributed by atoms with Crippen molar-refractivity contribution < 1.29 is 9.53 Å². The van der Waals surface area contributed by atoms with Gasteiger partial charge in [0, 0.05) is 18.2 Å². The maximum absolute atomic E-state index is 13.2. The van der Waals surface area contributed by atoms with Crippen LogP contribution in [0.5, 0.6) is 0 Å². The third-order valence-electron chi connectivity index (χ3n) is 5.37. The van der Waals surface area contributed by atoms with Crippen molar-refractivity contribution in [1.29, 1.82) is 0 Å². The van der Waals surface area contributed by atoms with E-state index < -0.39 is 17.2 Å². The number of carbonyl (C=O) groups is 1. The zero-order valence-corrected chi connectivity index (χ0v) is 18.3. The molecule has 1 atom stereocenters. The fourth-order valence-corrected chi connectivity index (χ4v) is 3.71. The molecule has 1 N–H and O–H groups in total. The maximum Gasteiger partial charge on any atom is 0.352 e. The van der Waals surface area contributed by atoms with Gasteiger partial charge < -0.3 is 10.1 Å². The number of hydrogen-bond acceptors (Lipinski definition) is 5. The summed E-state index contributed by atoms with van der Waals surface area (Å²) in [6.07, 6.45) is 1.68. The fourth-order valence-electron chi connectivity index (χ4n) is 3.54. The van der Waals surface area contributed by atoms with Crippen LogP contribution in [-0.4, -0.2) is 39.5 Å². The van der Waals surface area contributed by atoms with Gasteiger partial charge in [0.2, 0.25) is 5.69 Å². The Kier molecular flexibility index (Phi) is 6.53. The summed E-state index contributed by atoms with van der Waals surface area (Å²) >= 11 is 6.24. The van der Waals surface area contributed by atoms with Crippen molar-refractivity contribution in [3.05, 3.63) is 91.2 Å². The molecule has 1 fully saturated rings. The molecule has 0 aliphatic carbocycles. The van der Waals surface area contributed by atoms with Crippen molar-refractivity contribution in [3.63, 3.8) is 0 Å². The van der Waals surface area contributed by atoms with Gasteiger partial charge in [-0.25, -0.2) is 4.79 Å². The van der Waals surface area contributed by atoms with Gasteiger partial charge in [0.1, 0.15) is 0 Å². The van der Waals surface area contributed by atoms with Crippen LogP contribution in [0.4, 0.5) is 0 Å². The zero-order valence-electron chi connectivity index (χ0n) is 17.6. The van der Waals surface area contributed by atoms with Crippen LogP contribution in [0, 0.1) is 6.92 Å². The molecular weight excluding hydrogens is 432 g/mol. The van der Waals surface area contributed by atoms with Crippen LogP contribution in [0.25, 0.3) is 5.69 Å². The SMILES string of the molecule is Cc1ccc(-n2nc(C(=O)NC[C@@H]3CCCO3)c(=O)n(Cc3ccccc3)c2=O)cc1Cl. The number of halogens is 1. The molecule has 9 heteroatoms. The van der Waals surface area contributed by atoms with Gasteiger partial charge in [-0.15, -0.1) is 0 Å². The Balaban J connectivity index is 1.78. The number of aromatic nitrogens is 3. The average molecular weight is 455 g/mol. The summed E-state index contributed by atoms with van der Waals surface area (Å²) < 4.78 is 7.57. The van der Waals surface area contributed by atoms with Crippen molar-refractivity contribution in [2.24, 2.45) is 0 Å². The highest BCUT2D eigenvalue weighted by atomic mass is 35.5. The van der Waals surface area contributed by atoms with E-state index in [1.165, 1.54) is 0 Å². The number of aryl methyl sites for hydroxylation is 1. The Morgan fingerprint density at radius 2 is 2.00 bits per heavy atom. The summed E-state index contributed by atoms with van der Waals surface area (Å²) in [6.45, 7) is 2.77. The minimum atomic E-state index is -0.752. The number of ether oxygens (including phenoxy) is 1. The van der Waals surface area contributed by atoms with Gasteiger partial charge in [0.15, 0.2) is 0 Å². The third kappa shape index (κ3) is 4.66. The van der Waals surface area contributed by atoms with E-state index in [-0.39, 0.29) is 24.9 Å². The van der Waals surface area contributed by atoms with Crippen LogP contribution in [-0.2, 0) is 11.3 Å². The van der Waals surface area contributed by atoms with Crippen molar-refractivity contribution >= 4 is 17.5 Å². The molecule has 0 spiro atoms. The van der Waals surface area contributed by atoms with Crippen LogP contribution < -0.4 is 16.6 Å². The van der Waals surface area contributed by atoms with E-state index in [2.05, 4.69) is 10.4 Å². The topological polar surface area (TPSA) is 95.2 Å². The molecule has 0 unspecified atom stereocenters. The zero-order chi connectivity index (χ0) is 22.7. The third-order valence-corrected chi connectivity index (χ3v) is 5.78. The Bertz CT molecular complexity index is 1250. The van der Waals surface area contributed by atoms with Gasteiger partial charge in [-0.05, 0) is 43.0 Å². The molecule has 8 nitrogen and oxygen atoms in total. The Hall–Kier alpha value is -3.23. The first-order chi connectivity index (χ1) is 15.4. The summed E-state index contributed by atoms with van der Waals surface area (Å²) in [4.78, 5) is 39.2. The number of nitrogens with one attached hydrogen (secondary N) is 1. The smallest absolute Gasteiger partial charge is 0.352 e. The average Bonchev–Trinajstić information content (AvgIpc) is 3.32. The molecule has 0 saturated carbocycles. The molecule has 0 bridgehead atoms. The summed E-state index contributed by atoms with van der Waals surface area (Å²) in [6, 6.07) is 14.1. The highest BCUT2D eigenvalue weighted by molar-refractivity contribution is 6.31. The normalized spacial score (nSPS) is 15.6. The van der Waals surface area contributed by atoms with E-state index in [9.17, 15) is 14.4 Å². The summed E-state index contributed by atoms with van der Waals surface area (Å²) in [5.41, 5.74) is 0.163. The lowest BCUT2D eigenvalue weighted by Crippen LogP contribution is -2.46. The molecule has 2 aromatic carbocycles. The summed E-state index contributed by atoms with van der Waals surface area (Å²) in [5, 5.41) is 7.28. The van der Waals surface area contributed by atoms with Gasteiger partial charge in [-0.3, -0.25) is 14.2 Å². The minimum Gasteiger partial charge on any atom is -0.376 e. The van der Waals surface area contributed by atoms with Gasteiger partial charge in [0.05, 0.1) is 18.3 Å². The second kappa shape index (κ2) is 9.50. The molecular formula is C23H23ClN4O4. The van der Waals surface area contributed by atoms with Crippen LogP contribution >= 0.6 is 11.6 Å². The van der Waals surface area contributed by atoms with Crippen LogP contribution in [0.3, 0.4) is 0 Å². The van der Waals surface area contributed by atoms with Crippen molar-refractivity contribution in [2.75, 3.05) is 13.2 Å². The predicted molar refractivity (Wildman–Crippen MR) is 121 cm³/mol. The van der Waals surface area contributed by atoms with E-state index in [0.29, 0.717) is 17.3 Å². The first-order valence-corrected chi connectivity index (χ1v) is 10.8. The first-order valence-electron chi connectivity index (χ1n) is 10.4. The number of amides is 1. The lowest BCUT2D eigenvalue weighted by atomic mass is 10.2. The molecule has 4 rings (SSSR count). The standard InChI is InChI=1S/C23H23ClN4O4/c1-15-9-10-17(12-19(15)24)28-23(31)27(14-16-6-3-2-4-7-16)22(30)20(26-28)21(29)25-13-18-8-5-11-32-18/h2-4,6-7,9-10,12,18H,5,8,11,13-14H2,1H3,(H,25,29)/t18-/m0/s1. The van der Waals surface area contributed by atoms with Crippen molar-refractivity contribution in [3.8, 4) is 5.69 Å². The highest BCUT2D eigenvalue weighted by Gasteiger charge is 2.23. The van der Waals surface area contributed by atoms with E-state index in [1.807, 2.05) is 25.1 Å². The number of benzene rings is 2. The van der Waals surface area contributed by atoms with E-state index in [4.69, 9.17) is 16.3 Å². The van der Waals surface area contributed by atoms with Crippen molar-refractivity contribution in [2.45, 2.75) is 32.4 Å². The summed E-state index contributed by atoms with van der Waals surface area (Å²) in [5.74, 6) is -0.653. The molecule has 1 saturated heterocycles. The molecule has 32 heavy (non-hydrogen) atoms. The number of hydrogen-bond donors (Lipinski definition) is 1. The number of nitrogens with zero attached hydrogens (tertiary/aromatic N) is 3. The van der Waals surface area contributed by atoms with Crippen LogP contribution in [0.15, 0.2) is 58.1 Å². The van der Waals surface area contributed by atoms with E-state index in [1.54, 1.807) is 30.3 Å².